The minimum Gasteiger partial charge on any atom is -0.384 e. The van der Waals surface area contributed by atoms with Crippen LogP contribution in [0.2, 0.25) is 5.02 Å². The second-order valence-corrected chi connectivity index (χ2v) is 6.16. The quantitative estimate of drug-likeness (QED) is 0.585. The summed E-state index contributed by atoms with van der Waals surface area (Å²) in [5.41, 5.74) is -2.42. The van der Waals surface area contributed by atoms with E-state index < -0.39 is 32.7 Å². The average Bonchev–Trinajstić information content (AvgIpc) is 2.59. The van der Waals surface area contributed by atoms with E-state index in [9.17, 15) is 30.1 Å². The van der Waals surface area contributed by atoms with Crippen LogP contribution in [0.15, 0.2) is 42.5 Å². The van der Waals surface area contributed by atoms with Crippen LogP contribution in [0, 0.1) is 20.2 Å². The number of amides is 1. The Morgan fingerprint density at radius 1 is 1.15 bits per heavy atom. The highest BCUT2D eigenvalue weighted by atomic mass is 35.5. The second kappa shape index (κ2) is 7.46. The van der Waals surface area contributed by atoms with Crippen LogP contribution in [0.1, 0.15) is 22.8 Å². The van der Waals surface area contributed by atoms with Gasteiger partial charge in [0.2, 0.25) is 0 Å². The molecule has 0 aliphatic heterocycles. The number of carbonyl (C=O) groups excluding carboxylic acids is 1. The first-order valence-corrected chi connectivity index (χ1v) is 7.68. The number of halogens is 1. The Hall–Kier alpha value is -3.04. The third-order valence-corrected chi connectivity index (χ3v) is 3.86. The summed E-state index contributed by atoms with van der Waals surface area (Å²) in [5.74, 6) is -0.792. The second-order valence-electron chi connectivity index (χ2n) is 5.72. The van der Waals surface area contributed by atoms with Crippen molar-refractivity contribution >= 4 is 28.9 Å². The fourth-order valence-electron chi connectivity index (χ4n) is 2.22. The van der Waals surface area contributed by atoms with Crippen LogP contribution < -0.4 is 5.32 Å². The lowest BCUT2D eigenvalue weighted by Crippen LogP contribution is -2.38. The number of aliphatic hydroxyl groups is 1. The first-order valence-electron chi connectivity index (χ1n) is 7.30. The summed E-state index contributed by atoms with van der Waals surface area (Å²) >= 11 is 5.88. The summed E-state index contributed by atoms with van der Waals surface area (Å²) < 4.78 is 0. The number of rotatable bonds is 6. The maximum atomic E-state index is 12.2. The van der Waals surface area contributed by atoms with Gasteiger partial charge in [0, 0.05) is 17.2 Å². The minimum absolute atomic E-state index is 0.233. The molecule has 0 bridgehead atoms. The highest BCUT2D eigenvalue weighted by molar-refractivity contribution is 6.30. The molecule has 1 atom stereocenters. The van der Waals surface area contributed by atoms with Crippen LogP contribution in [0.25, 0.3) is 0 Å². The van der Waals surface area contributed by atoms with Crippen molar-refractivity contribution in [3.05, 3.63) is 78.8 Å². The van der Waals surface area contributed by atoms with Crippen molar-refractivity contribution in [3.8, 4) is 0 Å². The number of nitrogens with one attached hydrogen (secondary N) is 1. The zero-order valence-corrected chi connectivity index (χ0v) is 14.3. The monoisotopic (exact) mass is 379 g/mol. The van der Waals surface area contributed by atoms with E-state index in [2.05, 4.69) is 5.32 Å². The molecule has 2 aromatic rings. The predicted molar refractivity (Wildman–Crippen MR) is 93.1 cm³/mol. The van der Waals surface area contributed by atoms with Gasteiger partial charge in [0.25, 0.3) is 17.3 Å². The van der Waals surface area contributed by atoms with Gasteiger partial charge in [-0.15, -0.1) is 0 Å². The maximum absolute atomic E-state index is 12.2. The molecule has 0 saturated heterocycles. The van der Waals surface area contributed by atoms with Crippen molar-refractivity contribution in [2.24, 2.45) is 0 Å². The number of nitro benzene ring substituents is 2. The Labute approximate surface area is 152 Å². The van der Waals surface area contributed by atoms with E-state index in [1.165, 1.54) is 13.0 Å². The van der Waals surface area contributed by atoms with Gasteiger partial charge in [-0.05, 0) is 24.6 Å². The molecule has 0 unspecified atom stereocenters. The van der Waals surface area contributed by atoms with Crippen molar-refractivity contribution < 1.29 is 19.7 Å². The van der Waals surface area contributed by atoms with E-state index in [4.69, 9.17) is 11.6 Å². The first kappa shape index (κ1) is 19.3. The summed E-state index contributed by atoms with van der Waals surface area (Å²) in [5, 5.41) is 35.1. The van der Waals surface area contributed by atoms with Crippen LogP contribution in [-0.4, -0.2) is 27.4 Å². The molecule has 0 fully saturated rings. The molecule has 0 saturated carbocycles. The van der Waals surface area contributed by atoms with Crippen molar-refractivity contribution in [2.75, 3.05) is 6.54 Å². The molecule has 0 aliphatic rings. The number of hydrogen-bond acceptors (Lipinski definition) is 6. The molecule has 1 amide bonds. The first-order chi connectivity index (χ1) is 12.1. The van der Waals surface area contributed by atoms with Crippen molar-refractivity contribution in [1.82, 2.24) is 5.32 Å². The van der Waals surface area contributed by atoms with Gasteiger partial charge >= 0.3 is 0 Å². The molecular weight excluding hydrogens is 366 g/mol. The number of carbonyl (C=O) groups is 1. The Morgan fingerprint density at radius 3 is 2.23 bits per heavy atom. The Morgan fingerprint density at radius 2 is 1.73 bits per heavy atom. The van der Waals surface area contributed by atoms with Crippen LogP contribution in [-0.2, 0) is 5.60 Å². The van der Waals surface area contributed by atoms with E-state index in [0.29, 0.717) is 10.6 Å². The normalized spacial score (nSPS) is 12.9. The van der Waals surface area contributed by atoms with Crippen molar-refractivity contribution in [2.45, 2.75) is 12.5 Å². The van der Waals surface area contributed by atoms with Gasteiger partial charge in [-0.2, -0.15) is 0 Å². The Balaban J connectivity index is 2.22. The molecule has 2 aromatic carbocycles. The summed E-state index contributed by atoms with van der Waals surface area (Å²) in [6.45, 7) is 1.22. The zero-order chi connectivity index (χ0) is 19.5. The standard InChI is InChI=1S/C16H14ClN3O6/c1-16(22,11-3-2-4-12(17)7-11)9-18-15(21)10-5-13(19(23)24)8-14(6-10)20(25)26/h2-8,22H,9H2,1H3,(H,18,21)/t16-/m1/s1. The van der Waals surface area contributed by atoms with Gasteiger partial charge in [0.1, 0.15) is 5.60 Å². The molecule has 0 aliphatic carbocycles. The van der Waals surface area contributed by atoms with Gasteiger partial charge < -0.3 is 10.4 Å². The number of nitrogens with zero attached hydrogens (tertiary/aromatic N) is 2. The molecule has 136 valence electrons. The Bertz CT molecular complexity index is 852. The van der Waals surface area contributed by atoms with Crippen molar-refractivity contribution in [1.29, 1.82) is 0 Å². The van der Waals surface area contributed by atoms with Gasteiger partial charge in [-0.25, -0.2) is 0 Å². The molecule has 0 heterocycles. The lowest BCUT2D eigenvalue weighted by molar-refractivity contribution is -0.394. The van der Waals surface area contributed by atoms with Gasteiger partial charge in [0.15, 0.2) is 0 Å². The van der Waals surface area contributed by atoms with E-state index in [1.54, 1.807) is 18.2 Å². The Kier molecular flexibility index (Phi) is 5.53. The van der Waals surface area contributed by atoms with E-state index in [-0.39, 0.29) is 12.1 Å². The summed E-state index contributed by atoms with van der Waals surface area (Å²) in [4.78, 5) is 32.4. The maximum Gasteiger partial charge on any atom is 0.277 e. The highest BCUT2D eigenvalue weighted by Crippen LogP contribution is 2.24. The average molecular weight is 380 g/mol. The molecule has 9 nitrogen and oxygen atoms in total. The molecular formula is C16H14ClN3O6. The minimum atomic E-state index is -1.47. The molecule has 2 N–H and O–H groups in total. The molecule has 0 radical (unpaired) electrons. The SMILES string of the molecule is C[C@@](O)(CNC(=O)c1cc([N+](=O)[O-])cc([N+](=O)[O-])c1)c1cccc(Cl)c1. The van der Waals surface area contributed by atoms with E-state index in [1.807, 2.05) is 0 Å². The van der Waals surface area contributed by atoms with Gasteiger partial charge in [0.05, 0.1) is 28.0 Å². The van der Waals surface area contributed by atoms with Crippen LogP contribution in [0.4, 0.5) is 11.4 Å². The summed E-state index contributed by atoms with van der Waals surface area (Å²) in [7, 11) is 0. The van der Waals surface area contributed by atoms with E-state index >= 15 is 0 Å². The smallest absolute Gasteiger partial charge is 0.277 e. The molecule has 0 spiro atoms. The van der Waals surface area contributed by atoms with Crippen LogP contribution in [0.5, 0.6) is 0 Å². The topological polar surface area (TPSA) is 136 Å². The van der Waals surface area contributed by atoms with Gasteiger partial charge in [-0.1, -0.05) is 23.7 Å². The fourth-order valence-corrected chi connectivity index (χ4v) is 2.41. The number of benzene rings is 2. The predicted octanol–water partition coefficient (Wildman–Crippen LogP) is 2.79. The molecule has 0 aromatic heterocycles. The number of nitro groups is 2. The summed E-state index contributed by atoms with van der Waals surface area (Å²) in [6, 6.07) is 9.04. The summed E-state index contributed by atoms with van der Waals surface area (Å²) in [6.07, 6.45) is 0. The molecule has 26 heavy (non-hydrogen) atoms. The zero-order valence-electron chi connectivity index (χ0n) is 13.5. The lowest BCUT2D eigenvalue weighted by atomic mass is 9.96. The lowest BCUT2D eigenvalue weighted by Gasteiger charge is -2.24. The fraction of sp³-hybridized carbons (Fsp3) is 0.188. The third kappa shape index (κ3) is 4.52. The van der Waals surface area contributed by atoms with Crippen molar-refractivity contribution in [3.63, 3.8) is 0 Å². The number of non-ortho nitro benzene ring substituents is 2. The third-order valence-electron chi connectivity index (χ3n) is 3.63. The largest absolute Gasteiger partial charge is 0.384 e. The van der Waals surface area contributed by atoms with E-state index in [0.717, 1.165) is 18.2 Å². The molecule has 2 rings (SSSR count). The highest BCUT2D eigenvalue weighted by Gasteiger charge is 2.26. The van der Waals surface area contributed by atoms with Crippen LogP contribution >= 0.6 is 11.6 Å². The van der Waals surface area contributed by atoms with Gasteiger partial charge in [-0.3, -0.25) is 25.0 Å². The number of hydrogen-bond donors (Lipinski definition) is 2. The van der Waals surface area contributed by atoms with Crippen LogP contribution in [0.3, 0.4) is 0 Å². The molecule has 10 heteroatoms.